The van der Waals surface area contributed by atoms with E-state index >= 15 is 0 Å². The number of nitrogens with zero attached hydrogens (tertiary/aromatic N) is 1. The Balaban J connectivity index is 2.31. The summed E-state index contributed by atoms with van der Waals surface area (Å²) in [5.74, 6) is -0.851. The van der Waals surface area contributed by atoms with Crippen LogP contribution in [0.25, 0.3) is 6.08 Å². The predicted molar refractivity (Wildman–Crippen MR) is 119 cm³/mol. The molecule has 0 N–H and O–H groups in total. The lowest BCUT2D eigenvalue weighted by Gasteiger charge is -2.14. The number of non-ortho nitro benzene ring substituents is 1. The van der Waals surface area contributed by atoms with Crippen LogP contribution in [0.15, 0.2) is 46.4 Å². The van der Waals surface area contributed by atoms with Crippen LogP contribution in [0.4, 0.5) is 5.69 Å². The highest BCUT2D eigenvalue weighted by atomic mass is 79.9. The first-order valence-corrected chi connectivity index (χ1v) is 10.4. The lowest BCUT2D eigenvalue weighted by molar-refractivity contribution is -0.384. The third-order valence-electron chi connectivity index (χ3n) is 4.08. The first kappa shape index (κ1) is 24.9. The molecule has 0 saturated carbocycles. The minimum Gasteiger partial charge on any atom is -0.493 e. The number of esters is 2. The molecule has 32 heavy (non-hydrogen) atoms. The maximum atomic E-state index is 12.2. The fraction of sp³-hybridized carbons (Fsp3) is 0.273. The molecule has 0 bridgehead atoms. The molecular weight excluding hydrogens is 486 g/mol. The van der Waals surface area contributed by atoms with Gasteiger partial charge in [0.1, 0.15) is 12.2 Å². The molecule has 170 valence electrons. The van der Waals surface area contributed by atoms with Crippen LogP contribution in [0.3, 0.4) is 0 Å². The highest BCUT2D eigenvalue weighted by molar-refractivity contribution is 9.10. The van der Waals surface area contributed by atoms with Gasteiger partial charge < -0.3 is 18.9 Å². The maximum Gasteiger partial charge on any atom is 0.345 e. The summed E-state index contributed by atoms with van der Waals surface area (Å²) in [5, 5.41) is 10.8. The van der Waals surface area contributed by atoms with E-state index in [1.807, 2.05) is 0 Å². The number of halogens is 1. The molecule has 0 aromatic heterocycles. The lowest BCUT2D eigenvalue weighted by atomic mass is 10.1. The first-order valence-electron chi connectivity index (χ1n) is 9.60. The number of hydrogen-bond acceptors (Lipinski definition) is 8. The van der Waals surface area contributed by atoms with Crippen molar-refractivity contribution in [2.24, 2.45) is 0 Å². The van der Waals surface area contributed by atoms with Gasteiger partial charge >= 0.3 is 11.9 Å². The molecule has 0 spiro atoms. The van der Waals surface area contributed by atoms with Crippen molar-refractivity contribution < 1.29 is 33.5 Å². The summed E-state index contributed by atoms with van der Waals surface area (Å²) >= 11 is 3.41. The van der Waals surface area contributed by atoms with Crippen LogP contribution in [-0.2, 0) is 25.7 Å². The van der Waals surface area contributed by atoms with Gasteiger partial charge in [0, 0.05) is 12.1 Å². The molecule has 2 rings (SSSR count). The average molecular weight is 508 g/mol. The zero-order chi connectivity index (χ0) is 23.7. The van der Waals surface area contributed by atoms with Crippen molar-refractivity contribution >= 4 is 39.6 Å². The lowest BCUT2D eigenvalue weighted by Crippen LogP contribution is -2.18. The van der Waals surface area contributed by atoms with E-state index in [2.05, 4.69) is 15.9 Å². The Morgan fingerprint density at radius 1 is 1.06 bits per heavy atom. The highest BCUT2D eigenvalue weighted by Crippen LogP contribution is 2.38. The number of methoxy groups -OCH3 is 1. The molecule has 0 aliphatic carbocycles. The van der Waals surface area contributed by atoms with Crippen molar-refractivity contribution in [2.45, 2.75) is 20.5 Å². The SMILES string of the molecule is CCOC(=O)C(=Cc1cc(Br)c(OCc2ccc([N+](=O)[O-])cc2)c(OC)c1)C(=O)OCC. The molecule has 0 saturated heterocycles. The monoisotopic (exact) mass is 507 g/mol. The first-order chi connectivity index (χ1) is 15.3. The van der Waals surface area contributed by atoms with Crippen LogP contribution in [0.2, 0.25) is 0 Å². The Kier molecular flexibility index (Phi) is 9.21. The fourth-order valence-corrected chi connectivity index (χ4v) is 3.19. The van der Waals surface area contributed by atoms with Gasteiger partial charge in [0.15, 0.2) is 11.5 Å². The molecule has 9 nitrogen and oxygen atoms in total. The molecule has 0 amide bonds. The minimum absolute atomic E-state index is 0.0114. The smallest absolute Gasteiger partial charge is 0.345 e. The molecule has 0 radical (unpaired) electrons. The number of rotatable bonds is 10. The molecule has 0 aliphatic heterocycles. The molecule has 0 heterocycles. The van der Waals surface area contributed by atoms with Crippen molar-refractivity contribution in [3.63, 3.8) is 0 Å². The van der Waals surface area contributed by atoms with E-state index in [1.54, 1.807) is 38.1 Å². The van der Waals surface area contributed by atoms with Gasteiger partial charge in [0.2, 0.25) is 0 Å². The molecule has 2 aromatic rings. The van der Waals surface area contributed by atoms with Gasteiger partial charge in [-0.15, -0.1) is 0 Å². The van der Waals surface area contributed by atoms with Crippen LogP contribution in [0, 0.1) is 10.1 Å². The third kappa shape index (κ3) is 6.55. The Morgan fingerprint density at radius 2 is 1.66 bits per heavy atom. The van der Waals surface area contributed by atoms with Crippen LogP contribution in [-0.4, -0.2) is 37.2 Å². The Bertz CT molecular complexity index is 997. The van der Waals surface area contributed by atoms with Gasteiger partial charge in [-0.05, 0) is 71.2 Å². The second kappa shape index (κ2) is 11.8. The number of ether oxygens (including phenoxy) is 4. The summed E-state index contributed by atoms with van der Waals surface area (Å²) in [7, 11) is 1.45. The van der Waals surface area contributed by atoms with E-state index < -0.39 is 16.9 Å². The zero-order valence-corrected chi connectivity index (χ0v) is 19.3. The maximum absolute atomic E-state index is 12.2. The van der Waals surface area contributed by atoms with E-state index in [0.717, 1.165) is 5.56 Å². The summed E-state index contributed by atoms with van der Waals surface area (Å²) in [6.07, 6.45) is 1.35. The van der Waals surface area contributed by atoms with Gasteiger partial charge in [-0.3, -0.25) is 10.1 Å². The summed E-state index contributed by atoms with van der Waals surface area (Å²) in [4.78, 5) is 34.7. The average Bonchev–Trinajstić information content (AvgIpc) is 2.76. The summed E-state index contributed by atoms with van der Waals surface area (Å²) in [5.41, 5.74) is 0.942. The Hall–Kier alpha value is -3.40. The largest absolute Gasteiger partial charge is 0.493 e. The molecule has 0 atom stereocenters. The van der Waals surface area contributed by atoms with Crippen LogP contribution in [0.1, 0.15) is 25.0 Å². The zero-order valence-electron chi connectivity index (χ0n) is 17.8. The van der Waals surface area contributed by atoms with Crippen molar-refractivity contribution in [3.8, 4) is 11.5 Å². The summed E-state index contributed by atoms with van der Waals surface area (Å²) in [6.45, 7) is 3.63. The molecule has 0 unspecified atom stereocenters. The van der Waals surface area contributed by atoms with Crippen LogP contribution < -0.4 is 9.47 Å². The van der Waals surface area contributed by atoms with Crippen LogP contribution >= 0.6 is 15.9 Å². The van der Waals surface area contributed by atoms with E-state index in [-0.39, 0.29) is 31.1 Å². The number of carbonyl (C=O) groups excluding carboxylic acids is 2. The van der Waals surface area contributed by atoms with E-state index in [4.69, 9.17) is 18.9 Å². The fourth-order valence-electron chi connectivity index (χ4n) is 2.62. The second-order valence-corrected chi connectivity index (χ2v) is 7.10. The second-order valence-electron chi connectivity index (χ2n) is 6.25. The topological polar surface area (TPSA) is 114 Å². The molecule has 2 aromatic carbocycles. The van der Waals surface area contributed by atoms with Gasteiger partial charge in [0.05, 0.1) is 29.7 Å². The molecule has 0 aliphatic rings. The van der Waals surface area contributed by atoms with Crippen molar-refractivity contribution in [1.82, 2.24) is 0 Å². The molecular formula is C22H22BrNO8. The Morgan fingerprint density at radius 3 is 2.16 bits per heavy atom. The predicted octanol–water partition coefficient (Wildman–Crippen LogP) is 4.45. The van der Waals surface area contributed by atoms with Crippen LogP contribution in [0.5, 0.6) is 11.5 Å². The van der Waals surface area contributed by atoms with E-state index in [9.17, 15) is 19.7 Å². The van der Waals surface area contributed by atoms with Crippen molar-refractivity contribution in [1.29, 1.82) is 0 Å². The number of nitro groups is 1. The van der Waals surface area contributed by atoms with Gasteiger partial charge in [-0.2, -0.15) is 0 Å². The highest BCUT2D eigenvalue weighted by Gasteiger charge is 2.22. The van der Waals surface area contributed by atoms with Gasteiger partial charge in [-0.25, -0.2) is 9.59 Å². The number of carbonyl (C=O) groups is 2. The Labute approximate surface area is 193 Å². The summed E-state index contributed by atoms with van der Waals surface area (Å²) < 4.78 is 21.6. The van der Waals surface area contributed by atoms with Gasteiger partial charge in [0.25, 0.3) is 5.69 Å². The van der Waals surface area contributed by atoms with Crippen molar-refractivity contribution in [2.75, 3.05) is 20.3 Å². The minimum atomic E-state index is -0.792. The summed E-state index contributed by atoms with van der Waals surface area (Å²) in [6, 6.07) is 9.22. The molecule has 10 heteroatoms. The standard InChI is InChI=1S/C22H22BrNO8/c1-4-30-21(25)17(22(26)31-5-2)10-15-11-18(23)20(19(12-15)29-3)32-13-14-6-8-16(9-7-14)24(27)28/h6-12H,4-5,13H2,1-3H3. The number of nitro benzene ring substituents is 1. The number of hydrogen-bond donors (Lipinski definition) is 0. The normalized spacial score (nSPS) is 10.1. The quantitative estimate of drug-likeness (QED) is 0.116. The third-order valence-corrected chi connectivity index (χ3v) is 4.67. The van der Waals surface area contributed by atoms with Crippen molar-refractivity contribution in [3.05, 3.63) is 67.7 Å². The van der Waals surface area contributed by atoms with Gasteiger partial charge in [-0.1, -0.05) is 0 Å². The van der Waals surface area contributed by atoms with E-state index in [0.29, 0.717) is 21.5 Å². The molecule has 0 fully saturated rings. The van der Waals surface area contributed by atoms with E-state index in [1.165, 1.54) is 25.3 Å². The number of benzene rings is 2.